The number of allylic oxidation sites excluding steroid dienone is 3. The highest BCUT2D eigenvalue weighted by Crippen LogP contribution is 2.26. The lowest BCUT2D eigenvalue weighted by atomic mass is 10.0. The van der Waals surface area contributed by atoms with Crippen molar-refractivity contribution in [2.45, 2.75) is 31.0 Å². The van der Waals surface area contributed by atoms with Crippen LogP contribution < -0.4 is 5.32 Å². The van der Waals surface area contributed by atoms with Gasteiger partial charge in [-0.15, -0.1) is 0 Å². The van der Waals surface area contributed by atoms with Crippen molar-refractivity contribution in [2.24, 2.45) is 0 Å². The van der Waals surface area contributed by atoms with Gasteiger partial charge >= 0.3 is 6.18 Å². The first kappa shape index (κ1) is 26.3. The van der Waals surface area contributed by atoms with Crippen LogP contribution in [0.2, 0.25) is 5.02 Å². The van der Waals surface area contributed by atoms with Crippen molar-refractivity contribution in [1.82, 2.24) is 10.3 Å². The van der Waals surface area contributed by atoms with Gasteiger partial charge in [0.25, 0.3) is 5.91 Å². The van der Waals surface area contributed by atoms with Crippen LogP contribution in [0.25, 0.3) is 11.3 Å². The number of halogens is 4. The third kappa shape index (κ3) is 7.30. The van der Waals surface area contributed by atoms with Gasteiger partial charge in [-0.05, 0) is 49.8 Å². The van der Waals surface area contributed by atoms with Crippen molar-refractivity contribution < 1.29 is 26.4 Å². The first-order valence-corrected chi connectivity index (χ1v) is 11.9. The van der Waals surface area contributed by atoms with Crippen LogP contribution in [0, 0.1) is 0 Å². The Morgan fingerprint density at radius 2 is 1.88 bits per heavy atom. The molecule has 1 aromatic heterocycles. The van der Waals surface area contributed by atoms with Crippen molar-refractivity contribution >= 4 is 27.3 Å². The normalized spacial score (nSPS) is 14.0. The number of aromatic nitrogens is 1. The summed E-state index contributed by atoms with van der Waals surface area (Å²) >= 11 is 5.85. The molecule has 0 saturated carbocycles. The summed E-state index contributed by atoms with van der Waals surface area (Å²) in [6.45, 7) is 6.09. The number of carbonyl (C=O) groups excluding carboxylic acids is 1. The molecule has 0 aliphatic carbocycles. The lowest BCUT2D eigenvalue weighted by Gasteiger charge is -2.16. The summed E-state index contributed by atoms with van der Waals surface area (Å²) in [6, 6.07) is 6.55. The van der Waals surface area contributed by atoms with Crippen molar-refractivity contribution in [1.29, 1.82) is 0 Å². The summed E-state index contributed by atoms with van der Waals surface area (Å²) in [5.41, 5.74) is 0.371. The molecule has 1 aromatic carbocycles. The van der Waals surface area contributed by atoms with Gasteiger partial charge in [0, 0.05) is 29.2 Å². The standard InChI is InChI=1S/C23H22ClF3N2O3S/c1-5-16(7-6-14(2)23(25,26)27)15(3)29-22(30)18-10-17(11-20(12-18)33(4,31)32)21-9-8-19(24)13-28-21/h5-13,15H,1H2,2-4H3,(H,29,30)/b14-6+,16-7+/t15-/m1/s1. The van der Waals surface area contributed by atoms with Crippen LogP contribution in [-0.2, 0) is 9.84 Å². The fourth-order valence-corrected chi connectivity index (χ4v) is 3.50. The third-order valence-corrected chi connectivity index (χ3v) is 5.99. The van der Waals surface area contributed by atoms with Crippen LogP contribution in [0.3, 0.4) is 0 Å². The third-order valence-electron chi connectivity index (χ3n) is 4.68. The molecule has 1 amide bonds. The van der Waals surface area contributed by atoms with E-state index in [2.05, 4.69) is 16.9 Å². The maximum absolute atomic E-state index is 12.9. The molecule has 10 heteroatoms. The molecule has 0 fully saturated rings. The lowest BCUT2D eigenvalue weighted by molar-refractivity contribution is -0.0913. The van der Waals surface area contributed by atoms with E-state index in [1.165, 1.54) is 36.5 Å². The van der Waals surface area contributed by atoms with Gasteiger partial charge in [0.05, 0.1) is 21.7 Å². The summed E-state index contributed by atoms with van der Waals surface area (Å²) in [5.74, 6) is -0.618. The molecular formula is C23H22ClF3N2O3S. The summed E-state index contributed by atoms with van der Waals surface area (Å²) in [7, 11) is -3.65. The summed E-state index contributed by atoms with van der Waals surface area (Å²) in [6.07, 6.45) is 1.39. The highest BCUT2D eigenvalue weighted by molar-refractivity contribution is 7.90. The molecule has 1 atom stereocenters. The number of nitrogens with zero attached hydrogens (tertiary/aromatic N) is 1. The van der Waals surface area contributed by atoms with E-state index in [1.807, 2.05) is 0 Å². The maximum Gasteiger partial charge on any atom is 0.412 e. The Labute approximate surface area is 195 Å². The van der Waals surface area contributed by atoms with Gasteiger partial charge in [0.1, 0.15) is 0 Å². The number of hydrogen-bond donors (Lipinski definition) is 1. The molecule has 2 aromatic rings. The molecule has 1 heterocycles. The second-order valence-corrected chi connectivity index (χ2v) is 9.75. The summed E-state index contributed by atoms with van der Waals surface area (Å²) in [5, 5.41) is 3.04. The number of amides is 1. The van der Waals surface area contributed by atoms with E-state index in [0.717, 1.165) is 19.3 Å². The fourth-order valence-electron chi connectivity index (χ4n) is 2.71. The molecule has 5 nitrogen and oxygen atoms in total. The number of carbonyl (C=O) groups is 1. The van der Waals surface area contributed by atoms with E-state index in [9.17, 15) is 26.4 Å². The molecule has 2 rings (SSSR count). The SMILES string of the molecule is C=C/C(=C\C=C(/C)C(F)(F)F)[C@@H](C)NC(=O)c1cc(-c2ccc(Cl)cn2)cc(S(C)(=O)=O)c1. The number of alkyl halides is 3. The minimum atomic E-state index is -4.46. The topological polar surface area (TPSA) is 76.1 Å². The van der Waals surface area contributed by atoms with E-state index in [0.29, 0.717) is 21.9 Å². The molecule has 0 bridgehead atoms. The minimum absolute atomic E-state index is 0.0435. The van der Waals surface area contributed by atoms with Gasteiger partial charge in [0.2, 0.25) is 0 Å². The maximum atomic E-state index is 12.9. The van der Waals surface area contributed by atoms with Crippen LogP contribution in [-0.4, -0.2) is 37.8 Å². The molecule has 0 saturated heterocycles. The average molecular weight is 499 g/mol. The molecule has 0 unspecified atom stereocenters. The number of sulfone groups is 1. The highest BCUT2D eigenvalue weighted by Gasteiger charge is 2.29. The van der Waals surface area contributed by atoms with Crippen molar-refractivity contribution in [3.05, 3.63) is 83.1 Å². The first-order valence-electron chi connectivity index (χ1n) is 9.58. The number of nitrogens with one attached hydrogen (secondary N) is 1. The van der Waals surface area contributed by atoms with E-state index < -0.39 is 33.5 Å². The average Bonchev–Trinajstić information content (AvgIpc) is 2.72. The van der Waals surface area contributed by atoms with Gasteiger partial charge in [-0.25, -0.2) is 8.42 Å². The Hall–Kier alpha value is -2.91. The van der Waals surface area contributed by atoms with Crippen molar-refractivity contribution in [2.75, 3.05) is 6.26 Å². The van der Waals surface area contributed by atoms with Crippen molar-refractivity contribution in [3.63, 3.8) is 0 Å². The van der Waals surface area contributed by atoms with E-state index in [-0.39, 0.29) is 10.5 Å². The highest BCUT2D eigenvalue weighted by atomic mass is 35.5. The molecule has 0 aliphatic heterocycles. The number of pyridine rings is 1. The second kappa shape index (κ2) is 10.4. The predicted octanol–water partition coefficient (Wildman–Crippen LogP) is 5.54. The second-order valence-electron chi connectivity index (χ2n) is 7.29. The first-order chi connectivity index (χ1) is 15.2. The summed E-state index contributed by atoms with van der Waals surface area (Å²) in [4.78, 5) is 17.0. The van der Waals surface area contributed by atoms with Crippen LogP contribution in [0.5, 0.6) is 0 Å². The zero-order chi connectivity index (χ0) is 25.0. The fraction of sp³-hybridized carbons (Fsp3) is 0.217. The van der Waals surface area contributed by atoms with Gasteiger partial charge in [-0.2, -0.15) is 13.2 Å². The van der Waals surface area contributed by atoms with Gasteiger partial charge in [-0.1, -0.05) is 36.4 Å². The molecule has 0 spiro atoms. The Balaban J connectivity index is 2.41. The zero-order valence-electron chi connectivity index (χ0n) is 18.1. The molecule has 33 heavy (non-hydrogen) atoms. The van der Waals surface area contributed by atoms with Crippen LogP contribution in [0.15, 0.2) is 77.4 Å². The minimum Gasteiger partial charge on any atom is -0.346 e. The smallest absolute Gasteiger partial charge is 0.346 e. The van der Waals surface area contributed by atoms with E-state index in [1.54, 1.807) is 19.1 Å². The number of rotatable bonds is 7. The van der Waals surface area contributed by atoms with Crippen LogP contribution in [0.4, 0.5) is 13.2 Å². The van der Waals surface area contributed by atoms with Crippen LogP contribution >= 0.6 is 11.6 Å². The van der Waals surface area contributed by atoms with E-state index in [4.69, 9.17) is 11.6 Å². The van der Waals surface area contributed by atoms with Gasteiger partial charge < -0.3 is 5.32 Å². The summed E-state index contributed by atoms with van der Waals surface area (Å²) < 4.78 is 62.5. The zero-order valence-corrected chi connectivity index (χ0v) is 19.6. The molecule has 176 valence electrons. The monoisotopic (exact) mass is 498 g/mol. The predicted molar refractivity (Wildman–Crippen MR) is 123 cm³/mol. The largest absolute Gasteiger partial charge is 0.412 e. The number of benzene rings is 1. The number of hydrogen-bond acceptors (Lipinski definition) is 4. The molecule has 0 aliphatic rings. The molecule has 1 N–H and O–H groups in total. The molecular weight excluding hydrogens is 477 g/mol. The Morgan fingerprint density at radius 3 is 2.39 bits per heavy atom. The van der Waals surface area contributed by atoms with E-state index >= 15 is 0 Å². The quantitative estimate of drug-likeness (QED) is 0.508. The molecule has 0 radical (unpaired) electrons. The Kier molecular flexibility index (Phi) is 8.26. The van der Waals surface area contributed by atoms with Gasteiger partial charge in [0.15, 0.2) is 9.84 Å². The lowest BCUT2D eigenvalue weighted by Crippen LogP contribution is -2.33. The van der Waals surface area contributed by atoms with Gasteiger partial charge in [-0.3, -0.25) is 9.78 Å². The van der Waals surface area contributed by atoms with Crippen molar-refractivity contribution in [3.8, 4) is 11.3 Å². The Bertz CT molecular complexity index is 1220. The van der Waals surface area contributed by atoms with Crippen LogP contribution in [0.1, 0.15) is 24.2 Å². The Morgan fingerprint density at radius 1 is 1.21 bits per heavy atom.